The molecule has 22 heavy (non-hydrogen) atoms. The molecule has 0 saturated heterocycles. The Morgan fingerprint density at radius 1 is 1.36 bits per heavy atom. The van der Waals surface area contributed by atoms with E-state index in [2.05, 4.69) is 10.8 Å². The van der Waals surface area contributed by atoms with Gasteiger partial charge in [-0.1, -0.05) is 36.9 Å². The second kappa shape index (κ2) is 7.15. The number of rotatable bonds is 4. The van der Waals surface area contributed by atoms with Gasteiger partial charge in [0.05, 0.1) is 0 Å². The van der Waals surface area contributed by atoms with Crippen LogP contribution in [0.3, 0.4) is 0 Å². The van der Waals surface area contributed by atoms with Crippen LogP contribution in [0.15, 0.2) is 18.2 Å². The molecule has 0 amide bonds. The average molecular weight is 343 g/mol. The Bertz CT molecular complexity index is 574. The molecule has 120 valence electrons. The Morgan fingerprint density at radius 2 is 2.05 bits per heavy atom. The van der Waals surface area contributed by atoms with Gasteiger partial charge in [-0.2, -0.15) is 5.48 Å². The van der Waals surface area contributed by atoms with Crippen molar-refractivity contribution in [2.45, 2.75) is 44.6 Å². The maximum Gasteiger partial charge on any atom is 0.329 e. The molecule has 1 aliphatic rings. The number of thiocarbonyl (C=S) groups is 1. The van der Waals surface area contributed by atoms with E-state index in [0.29, 0.717) is 23.6 Å². The number of carboxylic acids is 1. The number of hydroxylamine groups is 1. The molecule has 1 fully saturated rings. The summed E-state index contributed by atoms with van der Waals surface area (Å²) in [5, 5.41) is 13.1. The maximum atomic E-state index is 11.6. The Balaban J connectivity index is 1.97. The van der Waals surface area contributed by atoms with Crippen molar-refractivity contribution >= 4 is 34.9 Å². The summed E-state index contributed by atoms with van der Waals surface area (Å²) in [5.41, 5.74) is 2.48. The van der Waals surface area contributed by atoms with Crippen molar-refractivity contribution in [3.63, 3.8) is 0 Å². The third-order valence-electron chi connectivity index (χ3n) is 3.87. The van der Waals surface area contributed by atoms with Crippen LogP contribution in [0, 0.1) is 6.92 Å². The molecule has 5 nitrogen and oxygen atoms in total. The van der Waals surface area contributed by atoms with Crippen molar-refractivity contribution in [1.82, 2.24) is 10.8 Å². The van der Waals surface area contributed by atoms with Gasteiger partial charge in [0.25, 0.3) is 0 Å². The van der Waals surface area contributed by atoms with Crippen LogP contribution in [-0.2, 0) is 4.79 Å². The predicted octanol–water partition coefficient (Wildman–Crippen LogP) is 3.19. The first kappa shape index (κ1) is 16.8. The first-order valence-corrected chi connectivity index (χ1v) is 7.96. The summed E-state index contributed by atoms with van der Waals surface area (Å²) in [6.07, 6.45) is 3.90. The third kappa shape index (κ3) is 4.01. The molecular formula is C15H19ClN2O3S. The summed E-state index contributed by atoms with van der Waals surface area (Å²) in [4.78, 5) is 17.0. The summed E-state index contributed by atoms with van der Waals surface area (Å²) in [6, 6.07) is 5.26. The van der Waals surface area contributed by atoms with Crippen LogP contribution in [0.1, 0.15) is 37.7 Å². The zero-order valence-corrected chi connectivity index (χ0v) is 13.9. The molecule has 1 saturated carbocycles. The SMILES string of the molecule is Cc1ccc(Cl)cc1ONC(=S)NC1(C(=O)O)CCCCC1. The molecule has 0 spiro atoms. The number of aliphatic carboxylic acids is 1. The van der Waals surface area contributed by atoms with Crippen molar-refractivity contribution in [3.05, 3.63) is 28.8 Å². The van der Waals surface area contributed by atoms with Crippen LogP contribution >= 0.6 is 23.8 Å². The molecule has 1 aromatic carbocycles. The largest absolute Gasteiger partial charge is 0.480 e. The van der Waals surface area contributed by atoms with Crippen molar-refractivity contribution in [2.75, 3.05) is 0 Å². The van der Waals surface area contributed by atoms with E-state index in [-0.39, 0.29) is 5.11 Å². The van der Waals surface area contributed by atoms with E-state index in [4.69, 9.17) is 28.7 Å². The van der Waals surface area contributed by atoms with Crippen LogP contribution in [0.4, 0.5) is 0 Å². The highest BCUT2D eigenvalue weighted by atomic mass is 35.5. The number of benzene rings is 1. The average Bonchev–Trinajstić information content (AvgIpc) is 2.49. The van der Waals surface area contributed by atoms with Crippen LogP contribution in [-0.4, -0.2) is 21.7 Å². The number of aryl methyl sites for hydroxylation is 1. The molecule has 0 unspecified atom stereocenters. The minimum Gasteiger partial charge on any atom is -0.480 e. The van der Waals surface area contributed by atoms with Crippen LogP contribution in [0.5, 0.6) is 5.75 Å². The fourth-order valence-corrected chi connectivity index (χ4v) is 2.97. The van der Waals surface area contributed by atoms with Gasteiger partial charge in [-0.05, 0) is 43.6 Å². The smallest absolute Gasteiger partial charge is 0.329 e. The fourth-order valence-electron chi connectivity index (χ4n) is 2.58. The topological polar surface area (TPSA) is 70.6 Å². The highest BCUT2D eigenvalue weighted by Crippen LogP contribution is 2.28. The first-order chi connectivity index (χ1) is 10.4. The second-order valence-electron chi connectivity index (χ2n) is 5.52. The zero-order valence-electron chi connectivity index (χ0n) is 12.3. The number of halogens is 1. The number of carbonyl (C=O) groups is 1. The van der Waals surface area contributed by atoms with Gasteiger partial charge < -0.3 is 15.3 Å². The minimum atomic E-state index is -1.00. The van der Waals surface area contributed by atoms with E-state index in [1.807, 2.05) is 13.0 Å². The molecule has 2 rings (SSSR count). The molecule has 7 heteroatoms. The standard InChI is InChI=1S/C15H19ClN2O3S/c1-10-5-6-11(16)9-12(10)21-18-14(22)17-15(13(19)20)7-3-2-4-8-15/h5-6,9H,2-4,7-8H2,1H3,(H,19,20)(H2,17,18,22). The van der Waals surface area contributed by atoms with Crippen LogP contribution in [0.2, 0.25) is 5.02 Å². The van der Waals surface area contributed by atoms with Gasteiger partial charge in [-0.25, -0.2) is 4.79 Å². The Hall–Kier alpha value is -1.53. The lowest BCUT2D eigenvalue weighted by Crippen LogP contribution is -2.58. The molecule has 0 bridgehead atoms. The van der Waals surface area contributed by atoms with Crippen molar-refractivity contribution in [3.8, 4) is 5.75 Å². The molecule has 3 N–H and O–H groups in total. The number of carboxylic acid groups (broad SMARTS) is 1. The molecule has 1 aliphatic carbocycles. The van der Waals surface area contributed by atoms with Gasteiger partial charge in [0.15, 0.2) is 5.75 Å². The Morgan fingerprint density at radius 3 is 2.68 bits per heavy atom. The van der Waals surface area contributed by atoms with Gasteiger partial charge in [0, 0.05) is 11.1 Å². The first-order valence-electron chi connectivity index (χ1n) is 7.17. The van der Waals surface area contributed by atoms with E-state index in [9.17, 15) is 9.90 Å². The van der Waals surface area contributed by atoms with Gasteiger partial charge in [0.1, 0.15) is 5.54 Å². The van der Waals surface area contributed by atoms with Crippen molar-refractivity contribution in [1.29, 1.82) is 0 Å². The Labute approximate surface area is 139 Å². The molecular weight excluding hydrogens is 324 g/mol. The fraction of sp³-hybridized carbons (Fsp3) is 0.467. The highest BCUT2D eigenvalue weighted by molar-refractivity contribution is 7.80. The summed E-state index contributed by atoms with van der Waals surface area (Å²) in [5.74, 6) is -0.333. The Kier molecular flexibility index (Phi) is 5.47. The number of nitrogens with one attached hydrogen (secondary N) is 2. The van der Waals surface area contributed by atoms with Crippen molar-refractivity contribution in [2.24, 2.45) is 0 Å². The van der Waals surface area contributed by atoms with Gasteiger partial charge in [0.2, 0.25) is 5.11 Å². The lowest BCUT2D eigenvalue weighted by molar-refractivity contribution is -0.145. The molecule has 0 heterocycles. The van der Waals surface area contributed by atoms with E-state index < -0.39 is 11.5 Å². The third-order valence-corrected chi connectivity index (χ3v) is 4.29. The summed E-state index contributed by atoms with van der Waals surface area (Å²) < 4.78 is 0. The maximum absolute atomic E-state index is 11.6. The normalized spacial score (nSPS) is 16.6. The van der Waals surface area contributed by atoms with Gasteiger partial charge in [-0.15, -0.1) is 0 Å². The number of hydrogen-bond acceptors (Lipinski definition) is 3. The van der Waals surface area contributed by atoms with E-state index in [0.717, 1.165) is 24.8 Å². The molecule has 0 aliphatic heterocycles. The quantitative estimate of drug-likeness (QED) is 0.576. The summed E-state index contributed by atoms with van der Waals surface area (Å²) >= 11 is 11.1. The lowest BCUT2D eigenvalue weighted by atomic mass is 9.82. The molecule has 0 aromatic heterocycles. The summed E-state index contributed by atoms with van der Waals surface area (Å²) in [7, 11) is 0. The zero-order chi connectivity index (χ0) is 16.2. The highest BCUT2D eigenvalue weighted by Gasteiger charge is 2.40. The molecule has 1 aromatic rings. The lowest BCUT2D eigenvalue weighted by Gasteiger charge is -2.34. The van der Waals surface area contributed by atoms with E-state index in [1.165, 1.54) is 0 Å². The van der Waals surface area contributed by atoms with Gasteiger partial charge >= 0.3 is 5.97 Å². The predicted molar refractivity (Wildman–Crippen MR) is 89.1 cm³/mol. The summed E-state index contributed by atoms with van der Waals surface area (Å²) in [6.45, 7) is 1.88. The molecule has 0 radical (unpaired) electrons. The van der Waals surface area contributed by atoms with E-state index >= 15 is 0 Å². The van der Waals surface area contributed by atoms with Gasteiger partial charge in [-0.3, -0.25) is 0 Å². The second-order valence-corrected chi connectivity index (χ2v) is 6.36. The van der Waals surface area contributed by atoms with Crippen LogP contribution in [0.25, 0.3) is 0 Å². The van der Waals surface area contributed by atoms with Crippen molar-refractivity contribution < 1.29 is 14.7 Å². The van der Waals surface area contributed by atoms with Crippen LogP contribution < -0.4 is 15.6 Å². The molecule has 0 atom stereocenters. The monoisotopic (exact) mass is 342 g/mol. The van der Waals surface area contributed by atoms with E-state index in [1.54, 1.807) is 12.1 Å². The minimum absolute atomic E-state index is 0.156. The number of hydrogen-bond donors (Lipinski definition) is 3.